The van der Waals surface area contributed by atoms with Gasteiger partial charge in [0.05, 0.1) is 4.90 Å². The third-order valence-corrected chi connectivity index (χ3v) is 4.98. The predicted molar refractivity (Wildman–Crippen MR) is 74.0 cm³/mol. The smallest absolute Gasteiger partial charge is 0.242 e. The molecular weight excluding hydrogens is 248 g/mol. The molecule has 1 aromatic rings. The zero-order valence-electron chi connectivity index (χ0n) is 11.5. The maximum absolute atomic E-state index is 12.3. The number of hydrogen-bond donors (Lipinski definition) is 1. The van der Waals surface area contributed by atoms with Crippen molar-refractivity contribution in [1.82, 2.24) is 4.31 Å². The molecule has 0 aromatic heterocycles. The van der Waals surface area contributed by atoms with Crippen LogP contribution in [0, 0.1) is 19.8 Å². The van der Waals surface area contributed by atoms with Gasteiger partial charge in [0.15, 0.2) is 0 Å². The zero-order chi connectivity index (χ0) is 13.9. The van der Waals surface area contributed by atoms with Crippen LogP contribution >= 0.6 is 0 Å². The maximum atomic E-state index is 12.3. The first-order chi connectivity index (χ1) is 8.28. The molecule has 1 aromatic carbocycles. The molecule has 0 heterocycles. The van der Waals surface area contributed by atoms with Crippen LogP contribution in [0.4, 0.5) is 0 Å². The van der Waals surface area contributed by atoms with E-state index in [2.05, 4.69) is 0 Å². The number of benzene rings is 1. The molecule has 18 heavy (non-hydrogen) atoms. The van der Waals surface area contributed by atoms with E-state index in [9.17, 15) is 8.42 Å². The number of nitrogens with zero attached hydrogens (tertiary/aromatic N) is 1. The lowest BCUT2D eigenvalue weighted by molar-refractivity contribution is 0.405. The normalized spacial score (nSPS) is 13.9. The second-order valence-electron chi connectivity index (χ2n) is 4.87. The Kier molecular flexibility index (Phi) is 4.90. The lowest BCUT2D eigenvalue weighted by atomic mass is 10.1. The monoisotopic (exact) mass is 270 g/mol. The second kappa shape index (κ2) is 5.82. The van der Waals surface area contributed by atoms with Crippen LogP contribution in [0.1, 0.15) is 18.1 Å². The van der Waals surface area contributed by atoms with Gasteiger partial charge < -0.3 is 5.73 Å². The Morgan fingerprint density at radius 2 is 1.89 bits per heavy atom. The predicted octanol–water partition coefficient (Wildman–Crippen LogP) is 1.52. The molecule has 0 radical (unpaired) electrons. The van der Waals surface area contributed by atoms with E-state index < -0.39 is 10.0 Å². The quantitative estimate of drug-likeness (QED) is 0.882. The lowest BCUT2D eigenvalue weighted by Gasteiger charge is -2.20. The number of aryl methyl sites for hydroxylation is 2. The summed E-state index contributed by atoms with van der Waals surface area (Å²) in [7, 11) is -1.81. The fourth-order valence-electron chi connectivity index (χ4n) is 1.67. The van der Waals surface area contributed by atoms with Crippen LogP contribution in [0.25, 0.3) is 0 Å². The van der Waals surface area contributed by atoms with E-state index in [-0.39, 0.29) is 5.92 Å². The number of rotatable bonds is 5. The molecule has 0 fully saturated rings. The van der Waals surface area contributed by atoms with Gasteiger partial charge in [0.2, 0.25) is 10.0 Å². The Labute approximate surface area is 110 Å². The molecule has 0 amide bonds. The summed E-state index contributed by atoms with van der Waals surface area (Å²) in [6.45, 7) is 6.73. The van der Waals surface area contributed by atoms with Gasteiger partial charge in [-0.15, -0.1) is 0 Å². The fraction of sp³-hybridized carbons (Fsp3) is 0.538. The van der Waals surface area contributed by atoms with Crippen molar-refractivity contribution in [2.45, 2.75) is 25.7 Å². The van der Waals surface area contributed by atoms with Crippen LogP contribution in [0.5, 0.6) is 0 Å². The maximum Gasteiger partial charge on any atom is 0.242 e. The molecule has 102 valence electrons. The van der Waals surface area contributed by atoms with Gasteiger partial charge in [-0.05, 0) is 49.6 Å². The van der Waals surface area contributed by atoms with Crippen molar-refractivity contribution in [3.63, 3.8) is 0 Å². The minimum atomic E-state index is -3.41. The van der Waals surface area contributed by atoms with Crippen molar-refractivity contribution >= 4 is 10.0 Å². The highest BCUT2D eigenvalue weighted by Crippen LogP contribution is 2.18. The number of hydrogen-bond acceptors (Lipinski definition) is 3. The molecule has 0 aliphatic rings. The van der Waals surface area contributed by atoms with Gasteiger partial charge in [-0.25, -0.2) is 12.7 Å². The van der Waals surface area contributed by atoms with Crippen molar-refractivity contribution in [3.05, 3.63) is 29.3 Å². The molecule has 0 bridgehead atoms. The Morgan fingerprint density at radius 3 is 2.39 bits per heavy atom. The second-order valence-corrected chi connectivity index (χ2v) is 6.92. The Bertz CT molecular complexity index is 512. The first kappa shape index (κ1) is 15.1. The van der Waals surface area contributed by atoms with E-state index in [1.165, 1.54) is 4.31 Å². The molecule has 1 unspecified atom stereocenters. The van der Waals surface area contributed by atoms with E-state index >= 15 is 0 Å². The molecule has 0 spiro atoms. The molecule has 0 aliphatic carbocycles. The van der Waals surface area contributed by atoms with Crippen molar-refractivity contribution in [2.75, 3.05) is 20.1 Å². The summed E-state index contributed by atoms with van der Waals surface area (Å²) in [5.41, 5.74) is 7.60. The zero-order valence-corrected chi connectivity index (χ0v) is 12.3. The molecule has 4 nitrogen and oxygen atoms in total. The van der Waals surface area contributed by atoms with Crippen LogP contribution in [-0.2, 0) is 10.0 Å². The van der Waals surface area contributed by atoms with Crippen LogP contribution in [-0.4, -0.2) is 32.9 Å². The van der Waals surface area contributed by atoms with E-state index in [1.807, 2.05) is 26.8 Å². The summed E-state index contributed by atoms with van der Waals surface area (Å²) in [5, 5.41) is 0. The van der Waals surface area contributed by atoms with Crippen molar-refractivity contribution in [3.8, 4) is 0 Å². The topological polar surface area (TPSA) is 63.4 Å². The first-order valence-corrected chi connectivity index (χ1v) is 7.46. The third-order valence-electron chi connectivity index (χ3n) is 3.16. The van der Waals surface area contributed by atoms with Crippen LogP contribution in [0.15, 0.2) is 23.1 Å². The van der Waals surface area contributed by atoms with Crippen molar-refractivity contribution in [1.29, 1.82) is 0 Å². The summed E-state index contributed by atoms with van der Waals surface area (Å²) in [5.74, 6) is 0.149. The van der Waals surface area contributed by atoms with Gasteiger partial charge >= 0.3 is 0 Å². The molecule has 0 saturated carbocycles. The lowest BCUT2D eigenvalue weighted by Crippen LogP contribution is -2.33. The van der Waals surface area contributed by atoms with E-state index in [1.54, 1.807) is 19.2 Å². The van der Waals surface area contributed by atoms with Crippen LogP contribution < -0.4 is 5.73 Å². The minimum absolute atomic E-state index is 0.149. The van der Waals surface area contributed by atoms with E-state index in [0.717, 1.165) is 11.1 Å². The van der Waals surface area contributed by atoms with Gasteiger partial charge in [0, 0.05) is 13.6 Å². The van der Waals surface area contributed by atoms with E-state index in [4.69, 9.17) is 5.73 Å². The SMILES string of the molecule is Cc1ccc(S(=O)(=O)N(C)CC(C)CN)cc1C. The average molecular weight is 270 g/mol. The van der Waals surface area contributed by atoms with Crippen molar-refractivity contribution < 1.29 is 8.42 Å². The van der Waals surface area contributed by atoms with Gasteiger partial charge in [0.1, 0.15) is 0 Å². The summed E-state index contributed by atoms with van der Waals surface area (Å²) < 4.78 is 26.0. The summed E-state index contributed by atoms with van der Waals surface area (Å²) in [4.78, 5) is 0.345. The highest BCUT2D eigenvalue weighted by Gasteiger charge is 2.22. The molecule has 0 aliphatic heterocycles. The van der Waals surface area contributed by atoms with Gasteiger partial charge in [-0.1, -0.05) is 13.0 Å². The van der Waals surface area contributed by atoms with Crippen molar-refractivity contribution in [2.24, 2.45) is 11.7 Å². The summed E-state index contributed by atoms with van der Waals surface area (Å²) >= 11 is 0. The highest BCUT2D eigenvalue weighted by atomic mass is 32.2. The molecule has 1 rings (SSSR count). The third kappa shape index (κ3) is 3.31. The number of nitrogens with two attached hydrogens (primary N) is 1. The minimum Gasteiger partial charge on any atom is -0.330 e. The fourth-order valence-corrected chi connectivity index (χ4v) is 3.04. The van der Waals surface area contributed by atoms with Crippen LogP contribution in [0.2, 0.25) is 0 Å². The Hall–Kier alpha value is -0.910. The number of sulfonamides is 1. The van der Waals surface area contributed by atoms with Gasteiger partial charge in [-0.3, -0.25) is 0 Å². The highest BCUT2D eigenvalue weighted by molar-refractivity contribution is 7.89. The Morgan fingerprint density at radius 1 is 1.28 bits per heavy atom. The molecular formula is C13H22N2O2S. The standard InChI is InChI=1S/C13H22N2O2S/c1-10(8-14)9-15(4)18(16,17)13-6-5-11(2)12(3)7-13/h5-7,10H,8-9,14H2,1-4H3. The van der Waals surface area contributed by atoms with Gasteiger partial charge in [0.25, 0.3) is 0 Å². The molecule has 1 atom stereocenters. The summed E-state index contributed by atoms with van der Waals surface area (Å²) in [6, 6.07) is 5.21. The largest absolute Gasteiger partial charge is 0.330 e. The molecule has 2 N–H and O–H groups in total. The van der Waals surface area contributed by atoms with Crippen LogP contribution in [0.3, 0.4) is 0 Å². The average Bonchev–Trinajstić information content (AvgIpc) is 2.32. The Balaban J connectivity index is 3.02. The molecule has 5 heteroatoms. The first-order valence-electron chi connectivity index (χ1n) is 6.02. The summed E-state index contributed by atoms with van der Waals surface area (Å²) in [6.07, 6.45) is 0. The molecule has 0 saturated heterocycles. The van der Waals surface area contributed by atoms with E-state index in [0.29, 0.717) is 18.0 Å². The van der Waals surface area contributed by atoms with Gasteiger partial charge in [-0.2, -0.15) is 0 Å².